The summed E-state index contributed by atoms with van der Waals surface area (Å²) in [6.45, 7) is 5.48. The quantitative estimate of drug-likeness (QED) is 0.865. The average molecular weight is 262 g/mol. The highest BCUT2D eigenvalue weighted by Crippen LogP contribution is 2.19. The number of carbonyl (C=O) groups excluding carboxylic acids is 1. The Morgan fingerprint density at radius 1 is 1.47 bits per heavy atom. The fourth-order valence-corrected chi connectivity index (χ4v) is 2.31. The van der Waals surface area contributed by atoms with Crippen LogP contribution in [0, 0.1) is 12.8 Å². The molecule has 1 aliphatic heterocycles. The monoisotopic (exact) mass is 262 g/mol. The van der Waals surface area contributed by atoms with Gasteiger partial charge in [0.25, 0.3) is 0 Å². The first kappa shape index (κ1) is 14.0. The van der Waals surface area contributed by atoms with Crippen LogP contribution in [0.25, 0.3) is 0 Å². The van der Waals surface area contributed by atoms with Gasteiger partial charge in [-0.1, -0.05) is 29.8 Å². The Morgan fingerprint density at radius 3 is 2.74 bits per heavy atom. The van der Waals surface area contributed by atoms with Crippen molar-refractivity contribution in [3.8, 4) is 0 Å². The largest absolute Gasteiger partial charge is 0.378 e. The molecule has 0 spiro atoms. The molecule has 3 N–H and O–H groups in total. The third-order valence-electron chi connectivity index (χ3n) is 3.79. The summed E-state index contributed by atoms with van der Waals surface area (Å²) in [4.78, 5) is 12.0. The molecule has 4 nitrogen and oxygen atoms in total. The Kier molecular flexibility index (Phi) is 4.56. The summed E-state index contributed by atoms with van der Waals surface area (Å²) >= 11 is 0. The minimum Gasteiger partial charge on any atom is -0.378 e. The molecule has 1 amide bonds. The van der Waals surface area contributed by atoms with Crippen LogP contribution in [0.2, 0.25) is 0 Å². The van der Waals surface area contributed by atoms with E-state index in [1.165, 1.54) is 0 Å². The maximum absolute atomic E-state index is 12.0. The zero-order chi connectivity index (χ0) is 13.8. The Balaban J connectivity index is 1.87. The number of amides is 1. The van der Waals surface area contributed by atoms with Crippen LogP contribution in [-0.2, 0) is 9.53 Å². The predicted molar refractivity (Wildman–Crippen MR) is 74.6 cm³/mol. The third kappa shape index (κ3) is 3.55. The number of nitrogens with one attached hydrogen (secondary N) is 1. The molecule has 104 valence electrons. The van der Waals surface area contributed by atoms with Gasteiger partial charge in [0.05, 0.1) is 6.10 Å². The van der Waals surface area contributed by atoms with Crippen LogP contribution in [0.1, 0.15) is 30.5 Å². The summed E-state index contributed by atoms with van der Waals surface area (Å²) in [5.41, 5.74) is 7.97. The Hall–Kier alpha value is -1.39. The van der Waals surface area contributed by atoms with Crippen LogP contribution in [0.4, 0.5) is 0 Å². The molecule has 3 atom stereocenters. The van der Waals surface area contributed by atoms with Gasteiger partial charge in [-0.3, -0.25) is 4.79 Å². The molecule has 19 heavy (non-hydrogen) atoms. The van der Waals surface area contributed by atoms with Crippen molar-refractivity contribution in [2.24, 2.45) is 11.7 Å². The van der Waals surface area contributed by atoms with E-state index in [1.54, 1.807) is 0 Å². The van der Waals surface area contributed by atoms with Crippen molar-refractivity contribution in [3.63, 3.8) is 0 Å². The van der Waals surface area contributed by atoms with Crippen molar-refractivity contribution in [1.82, 2.24) is 5.32 Å². The molecule has 4 heteroatoms. The third-order valence-corrected chi connectivity index (χ3v) is 3.79. The van der Waals surface area contributed by atoms with Gasteiger partial charge in [0, 0.05) is 19.1 Å². The second-order valence-electron chi connectivity index (χ2n) is 5.26. The number of hydrogen-bond donors (Lipinski definition) is 2. The maximum atomic E-state index is 12.0. The van der Waals surface area contributed by atoms with E-state index in [2.05, 4.69) is 5.32 Å². The van der Waals surface area contributed by atoms with E-state index in [9.17, 15) is 4.79 Å². The van der Waals surface area contributed by atoms with Crippen molar-refractivity contribution >= 4 is 5.91 Å². The van der Waals surface area contributed by atoms with Gasteiger partial charge in [-0.05, 0) is 25.8 Å². The normalized spacial score (nSPS) is 24.2. The van der Waals surface area contributed by atoms with E-state index in [-0.39, 0.29) is 12.0 Å². The Labute approximate surface area is 114 Å². The van der Waals surface area contributed by atoms with Crippen molar-refractivity contribution in [3.05, 3.63) is 35.4 Å². The van der Waals surface area contributed by atoms with Crippen LogP contribution in [0.5, 0.6) is 0 Å². The van der Waals surface area contributed by atoms with Crippen LogP contribution >= 0.6 is 0 Å². The second kappa shape index (κ2) is 6.17. The number of hydrogen-bond acceptors (Lipinski definition) is 3. The number of rotatable bonds is 4. The molecule has 3 unspecified atom stereocenters. The summed E-state index contributed by atoms with van der Waals surface area (Å²) < 4.78 is 5.47. The Bertz CT molecular complexity index is 430. The number of aryl methyl sites for hydroxylation is 1. The number of nitrogens with two attached hydrogens (primary N) is 1. The first-order valence-corrected chi connectivity index (χ1v) is 6.79. The Morgan fingerprint density at radius 2 is 2.16 bits per heavy atom. The average Bonchev–Trinajstić information content (AvgIpc) is 2.81. The van der Waals surface area contributed by atoms with E-state index in [4.69, 9.17) is 10.5 Å². The lowest BCUT2D eigenvalue weighted by atomic mass is 10.0. The molecule has 1 saturated heterocycles. The summed E-state index contributed by atoms with van der Waals surface area (Å²) in [7, 11) is 0. The van der Waals surface area contributed by atoms with Gasteiger partial charge in [0.15, 0.2) is 0 Å². The van der Waals surface area contributed by atoms with Crippen LogP contribution in [0.15, 0.2) is 24.3 Å². The molecular weight excluding hydrogens is 240 g/mol. The van der Waals surface area contributed by atoms with Gasteiger partial charge in [0.1, 0.15) is 6.04 Å². The number of benzene rings is 1. The maximum Gasteiger partial charge on any atom is 0.241 e. The molecule has 1 fully saturated rings. The molecule has 1 aliphatic rings. The SMILES string of the molecule is Cc1ccc(C(N)C(=O)NCC2CCOC2C)cc1. The smallest absolute Gasteiger partial charge is 0.241 e. The van der Waals surface area contributed by atoms with Gasteiger partial charge < -0.3 is 15.8 Å². The van der Waals surface area contributed by atoms with Crippen molar-refractivity contribution in [2.45, 2.75) is 32.4 Å². The fourth-order valence-electron chi connectivity index (χ4n) is 2.31. The summed E-state index contributed by atoms with van der Waals surface area (Å²) in [5.74, 6) is 0.275. The molecule has 0 aromatic heterocycles. The van der Waals surface area contributed by atoms with E-state index < -0.39 is 6.04 Å². The molecule has 1 heterocycles. The minimum absolute atomic E-state index is 0.122. The van der Waals surface area contributed by atoms with E-state index >= 15 is 0 Å². The van der Waals surface area contributed by atoms with E-state index in [0.29, 0.717) is 12.5 Å². The highest BCUT2D eigenvalue weighted by atomic mass is 16.5. The number of ether oxygens (including phenoxy) is 1. The highest BCUT2D eigenvalue weighted by molar-refractivity contribution is 5.82. The van der Waals surface area contributed by atoms with E-state index in [0.717, 1.165) is 24.2 Å². The van der Waals surface area contributed by atoms with Crippen molar-refractivity contribution in [1.29, 1.82) is 0 Å². The zero-order valence-corrected chi connectivity index (χ0v) is 11.6. The molecule has 1 aromatic rings. The molecule has 0 radical (unpaired) electrons. The summed E-state index contributed by atoms with van der Waals surface area (Å²) in [6, 6.07) is 7.14. The van der Waals surface area contributed by atoms with Gasteiger partial charge in [0.2, 0.25) is 5.91 Å². The summed E-state index contributed by atoms with van der Waals surface area (Å²) in [5, 5.41) is 2.92. The zero-order valence-electron chi connectivity index (χ0n) is 11.6. The molecule has 0 saturated carbocycles. The van der Waals surface area contributed by atoms with E-state index in [1.807, 2.05) is 38.1 Å². The first-order valence-electron chi connectivity index (χ1n) is 6.79. The van der Waals surface area contributed by atoms with Gasteiger partial charge in [-0.15, -0.1) is 0 Å². The molecule has 1 aromatic carbocycles. The fraction of sp³-hybridized carbons (Fsp3) is 0.533. The lowest BCUT2D eigenvalue weighted by molar-refractivity contribution is -0.122. The molecule has 2 rings (SSSR count). The second-order valence-corrected chi connectivity index (χ2v) is 5.26. The topological polar surface area (TPSA) is 64.4 Å². The standard InChI is InChI=1S/C15H22N2O2/c1-10-3-5-12(6-4-10)14(16)15(18)17-9-13-7-8-19-11(13)2/h3-6,11,13-14H,7-9,16H2,1-2H3,(H,17,18). The lowest BCUT2D eigenvalue weighted by Gasteiger charge is -2.17. The van der Waals surface area contributed by atoms with Gasteiger partial charge >= 0.3 is 0 Å². The predicted octanol–water partition coefficient (Wildman–Crippen LogP) is 1.54. The van der Waals surface area contributed by atoms with Crippen LogP contribution < -0.4 is 11.1 Å². The molecular formula is C15H22N2O2. The molecule has 0 bridgehead atoms. The van der Waals surface area contributed by atoms with Gasteiger partial charge in [-0.2, -0.15) is 0 Å². The number of carbonyl (C=O) groups is 1. The summed E-state index contributed by atoms with van der Waals surface area (Å²) in [6.07, 6.45) is 1.22. The van der Waals surface area contributed by atoms with Crippen LogP contribution in [0.3, 0.4) is 0 Å². The highest BCUT2D eigenvalue weighted by Gasteiger charge is 2.25. The van der Waals surface area contributed by atoms with Crippen LogP contribution in [-0.4, -0.2) is 25.2 Å². The molecule has 0 aliphatic carbocycles. The lowest BCUT2D eigenvalue weighted by Crippen LogP contribution is -2.38. The first-order chi connectivity index (χ1) is 9.08. The van der Waals surface area contributed by atoms with Gasteiger partial charge in [-0.25, -0.2) is 0 Å². The minimum atomic E-state index is -0.599. The van der Waals surface area contributed by atoms with Crippen molar-refractivity contribution in [2.75, 3.05) is 13.2 Å². The van der Waals surface area contributed by atoms with Crippen molar-refractivity contribution < 1.29 is 9.53 Å².